The van der Waals surface area contributed by atoms with Crippen molar-refractivity contribution in [3.8, 4) is 0 Å². The van der Waals surface area contributed by atoms with Crippen molar-refractivity contribution in [2.24, 2.45) is 5.92 Å². The lowest BCUT2D eigenvalue weighted by atomic mass is 10.1. The van der Waals surface area contributed by atoms with Crippen LogP contribution in [0, 0.1) is 5.92 Å². The number of amides is 1. The fourth-order valence-corrected chi connectivity index (χ4v) is 2.65. The molecule has 1 heterocycles. The Bertz CT molecular complexity index is 354. The Morgan fingerprint density at radius 2 is 2.29 bits per heavy atom. The zero-order valence-corrected chi connectivity index (χ0v) is 11.5. The third-order valence-electron chi connectivity index (χ3n) is 3.16. The normalized spacial score (nSPS) is 15.2. The van der Waals surface area contributed by atoms with Gasteiger partial charge in [0.25, 0.3) is 0 Å². The molecule has 17 heavy (non-hydrogen) atoms. The maximum atomic E-state index is 12.2. The van der Waals surface area contributed by atoms with Gasteiger partial charge in [-0.1, -0.05) is 19.9 Å². The molecule has 0 aromatic carbocycles. The number of carbonyl (C=O) groups is 1. The van der Waals surface area contributed by atoms with Gasteiger partial charge in [0, 0.05) is 17.5 Å². The summed E-state index contributed by atoms with van der Waals surface area (Å²) in [5, 5.41) is 2.04. The van der Waals surface area contributed by atoms with E-state index in [1.807, 2.05) is 11.4 Å². The summed E-state index contributed by atoms with van der Waals surface area (Å²) in [6.07, 6.45) is 4.11. The van der Waals surface area contributed by atoms with Crippen LogP contribution < -0.4 is 0 Å². The first-order chi connectivity index (χ1) is 8.16. The third-order valence-corrected chi connectivity index (χ3v) is 4.04. The summed E-state index contributed by atoms with van der Waals surface area (Å²) in [5.74, 6) is 0.987. The van der Waals surface area contributed by atoms with Crippen LogP contribution in [0.4, 0.5) is 0 Å². The van der Waals surface area contributed by atoms with E-state index in [0.717, 1.165) is 13.0 Å². The van der Waals surface area contributed by atoms with Crippen molar-refractivity contribution in [3.63, 3.8) is 0 Å². The van der Waals surface area contributed by atoms with Gasteiger partial charge in [0.15, 0.2) is 0 Å². The van der Waals surface area contributed by atoms with E-state index in [1.165, 1.54) is 17.7 Å². The molecule has 0 atom stereocenters. The molecule has 1 amide bonds. The lowest BCUT2D eigenvalue weighted by molar-refractivity contribution is -0.131. The van der Waals surface area contributed by atoms with E-state index < -0.39 is 0 Å². The van der Waals surface area contributed by atoms with Gasteiger partial charge in [0.2, 0.25) is 5.91 Å². The van der Waals surface area contributed by atoms with Crippen molar-refractivity contribution in [3.05, 3.63) is 22.4 Å². The molecular formula is C14H21NOS. The van der Waals surface area contributed by atoms with Gasteiger partial charge in [0.05, 0.1) is 6.42 Å². The molecule has 0 N–H and O–H groups in total. The molecule has 1 aromatic heterocycles. The number of thiophene rings is 1. The van der Waals surface area contributed by atoms with E-state index in [1.54, 1.807) is 11.3 Å². The molecule has 1 aromatic rings. The standard InChI is InChI=1S/C14H21NOS/c1-11(2)7-8-15(12-5-6-12)14(16)10-13-4-3-9-17-13/h3-4,9,11-12H,5-8,10H2,1-2H3. The molecule has 0 bridgehead atoms. The molecule has 1 aliphatic rings. The molecule has 0 aliphatic heterocycles. The number of nitrogens with zero attached hydrogens (tertiary/aromatic N) is 1. The fraction of sp³-hybridized carbons (Fsp3) is 0.643. The van der Waals surface area contributed by atoms with Crippen LogP contribution in [0.1, 0.15) is 38.0 Å². The highest BCUT2D eigenvalue weighted by molar-refractivity contribution is 7.10. The molecule has 0 spiro atoms. The van der Waals surface area contributed by atoms with Crippen LogP contribution >= 0.6 is 11.3 Å². The Kier molecular flexibility index (Phi) is 4.21. The van der Waals surface area contributed by atoms with Crippen LogP contribution in [0.15, 0.2) is 17.5 Å². The third kappa shape index (κ3) is 3.84. The first kappa shape index (κ1) is 12.6. The van der Waals surface area contributed by atoms with Crippen LogP contribution in [-0.2, 0) is 11.2 Å². The van der Waals surface area contributed by atoms with Crippen LogP contribution in [0.25, 0.3) is 0 Å². The van der Waals surface area contributed by atoms with Gasteiger partial charge < -0.3 is 4.90 Å². The monoisotopic (exact) mass is 251 g/mol. The van der Waals surface area contributed by atoms with Gasteiger partial charge in [-0.3, -0.25) is 4.79 Å². The zero-order chi connectivity index (χ0) is 12.3. The smallest absolute Gasteiger partial charge is 0.228 e. The first-order valence-electron chi connectivity index (χ1n) is 6.48. The molecule has 2 rings (SSSR count). The number of hydrogen-bond donors (Lipinski definition) is 0. The second-order valence-corrected chi connectivity index (χ2v) is 6.29. The summed E-state index contributed by atoms with van der Waals surface area (Å²) in [5.41, 5.74) is 0. The number of carbonyl (C=O) groups excluding carboxylic acids is 1. The minimum absolute atomic E-state index is 0.315. The van der Waals surface area contributed by atoms with Crippen molar-refractivity contribution in [2.45, 2.75) is 45.6 Å². The number of hydrogen-bond acceptors (Lipinski definition) is 2. The predicted octanol–water partition coefficient (Wildman–Crippen LogP) is 3.33. The van der Waals surface area contributed by atoms with Crippen LogP contribution in [0.2, 0.25) is 0 Å². The minimum atomic E-state index is 0.315. The van der Waals surface area contributed by atoms with Gasteiger partial charge >= 0.3 is 0 Å². The predicted molar refractivity (Wildman–Crippen MR) is 72.2 cm³/mol. The Morgan fingerprint density at radius 3 is 2.82 bits per heavy atom. The van der Waals surface area contributed by atoms with Gasteiger partial charge in [-0.05, 0) is 36.6 Å². The van der Waals surface area contributed by atoms with E-state index in [9.17, 15) is 4.79 Å². The molecule has 0 unspecified atom stereocenters. The topological polar surface area (TPSA) is 20.3 Å². The SMILES string of the molecule is CC(C)CCN(C(=O)Cc1cccs1)C1CC1. The van der Waals surface area contributed by atoms with Crippen LogP contribution in [0.5, 0.6) is 0 Å². The van der Waals surface area contributed by atoms with Crippen molar-refractivity contribution in [1.82, 2.24) is 4.90 Å². The van der Waals surface area contributed by atoms with Gasteiger partial charge in [0.1, 0.15) is 0 Å². The summed E-state index contributed by atoms with van der Waals surface area (Å²) in [6.45, 7) is 5.37. The molecule has 0 saturated heterocycles. The maximum Gasteiger partial charge on any atom is 0.228 e. The highest BCUT2D eigenvalue weighted by Gasteiger charge is 2.32. The van der Waals surface area contributed by atoms with Crippen molar-refractivity contribution >= 4 is 17.2 Å². The van der Waals surface area contributed by atoms with Crippen LogP contribution in [-0.4, -0.2) is 23.4 Å². The minimum Gasteiger partial charge on any atom is -0.339 e. The first-order valence-corrected chi connectivity index (χ1v) is 7.36. The quantitative estimate of drug-likeness (QED) is 0.759. The molecular weight excluding hydrogens is 230 g/mol. The van der Waals surface area contributed by atoms with Gasteiger partial charge in [-0.15, -0.1) is 11.3 Å². The molecule has 0 radical (unpaired) electrons. The number of rotatable bonds is 6. The summed E-state index contributed by atoms with van der Waals surface area (Å²) < 4.78 is 0. The highest BCUT2D eigenvalue weighted by atomic mass is 32.1. The highest BCUT2D eigenvalue weighted by Crippen LogP contribution is 2.28. The van der Waals surface area contributed by atoms with E-state index in [4.69, 9.17) is 0 Å². The maximum absolute atomic E-state index is 12.2. The average Bonchev–Trinajstić information content (AvgIpc) is 2.97. The van der Waals surface area contributed by atoms with E-state index in [0.29, 0.717) is 24.3 Å². The summed E-state index contributed by atoms with van der Waals surface area (Å²) in [6, 6.07) is 4.61. The second kappa shape index (κ2) is 5.67. The van der Waals surface area contributed by atoms with E-state index >= 15 is 0 Å². The molecule has 94 valence electrons. The molecule has 1 aliphatic carbocycles. The summed E-state index contributed by atoms with van der Waals surface area (Å²) in [7, 11) is 0. The Hall–Kier alpha value is -0.830. The molecule has 2 nitrogen and oxygen atoms in total. The van der Waals surface area contributed by atoms with Crippen molar-refractivity contribution in [2.75, 3.05) is 6.54 Å². The van der Waals surface area contributed by atoms with Crippen molar-refractivity contribution in [1.29, 1.82) is 0 Å². The lowest BCUT2D eigenvalue weighted by Crippen LogP contribution is -2.35. The molecule has 3 heteroatoms. The largest absolute Gasteiger partial charge is 0.339 e. The summed E-state index contributed by atoms with van der Waals surface area (Å²) in [4.78, 5) is 15.5. The Balaban J connectivity index is 1.88. The zero-order valence-electron chi connectivity index (χ0n) is 10.7. The molecule has 1 fully saturated rings. The lowest BCUT2D eigenvalue weighted by Gasteiger charge is -2.23. The van der Waals surface area contributed by atoms with Crippen LogP contribution in [0.3, 0.4) is 0 Å². The van der Waals surface area contributed by atoms with E-state index in [-0.39, 0.29) is 0 Å². The van der Waals surface area contributed by atoms with Gasteiger partial charge in [-0.2, -0.15) is 0 Å². The molecule has 1 saturated carbocycles. The fourth-order valence-electron chi connectivity index (χ4n) is 1.96. The van der Waals surface area contributed by atoms with Gasteiger partial charge in [-0.25, -0.2) is 0 Å². The second-order valence-electron chi connectivity index (χ2n) is 5.26. The van der Waals surface area contributed by atoms with Crippen molar-refractivity contribution < 1.29 is 4.79 Å². The Labute approximate surface area is 108 Å². The summed E-state index contributed by atoms with van der Waals surface area (Å²) >= 11 is 1.68. The Morgan fingerprint density at radius 1 is 1.53 bits per heavy atom. The average molecular weight is 251 g/mol. The van der Waals surface area contributed by atoms with E-state index in [2.05, 4.69) is 24.8 Å².